The number of benzene rings is 2. The first-order chi connectivity index (χ1) is 15.5. The van der Waals surface area contributed by atoms with Crippen LogP contribution in [0.4, 0.5) is 5.69 Å². The van der Waals surface area contributed by atoms with Crippen molar-refractivity contribution in [1.29, 1.82) is 0 Å². The van der Waals surface area contributed by atoms with E-state index in [4.69, 9.17) is 14.2 Å². The van der Waals surface area contributed by atoms with E-state index in [1.807, 2.05) is 24.3 Å². The molecule has 0 radical (unpaired) electrons. The van der Waals surface area contributed by atoms with Crippen LogP contribution in [0.5, 0.6) is 17.2 Å². The van der Waals surface area contributed by atoms with Crippen molar-refractivity contribution in [2.45, 2.75) is 25.6 Å². The van der Waals surface area contributed by atoms with Gasteiger partial charge in [-0.05, 0) is 30.2 Å². The fraction of sp³-hybridized carbons (Fsp3) is 0.333. The smallest absolute Gasteiger partial charge is 0.269 e. The number of rotatable bonds is 7. The van der Waals surface area contributed by atoms with E-state index in [1.165, 1.54) is 6.07 Å². The molecule has 0 spiro atoms. The fourth-order valence-electron chi connectivity index (χ4n) is 4.43. The van der Waals surface area contributed by atoms with Gasteiger partial charge in [0.2, 0.25) is 0 Å². The molecule has 3 aromatic rings. The predicted octanol–water partition coefficient (Wildman–Crippen LogP) is 4.42. The number of nitrogens with zero attached hydrogens (tertiary/aromatic N) is 3. The molecule has 4 rings (SSSR count). The molecule has 1 aliphatic heterocycles. The molecule has 0 saturated carbocycles. The number of aryl methyl sites for hydroxylation is 1. The largest absolute Gasteiger partial charge is 0.496 e. The predicted molar refractivity (Wildman–Crippen MR) is 120 cm³/mol. The van der Waals surface area contributed by atoms with Crippen LogP contribution >= 0.6 is 0 Å². The first kappa shape index (κ1) is 21.7. The molecule has 2 aromatic carbocycles. The van der Waals surface area contributed by atoms with E-state index in [9.17, 15) is 10.1 Å². The van der Waals surface area contributed by atoms with Gasteiger partial charge in [0, 0.05) is 55.3 Å². The third-order valence-electron chi connectivity index (χ3n) is 5.91. The SMILES string of the molecule is COc1cc(OC)c(OC)cc1CN1CCCn2cccc2C1c1cccc([N+](=O)[O-])c1. The van der Waals surface area contributed by atoms with Crippen LogP contribution in [0, 0.1) is 10.1 Å². The van der Waals surface area contributed by atoms with Gasteiger partial charge in [-0.25, -0.2) is 0 Å². The zero-order chi connectivity index (χ0) is 22.7. The van der Waals surface area contributed by atoms with Crippen LogP contribution in [0.3, 0.4) is 0 Å². The van der Waals surface area contributed by atoms with Crippen LogP contribution in [0.2, 0.25) is 0 Å². The number of nitro benzene ring substituents is 1. The Kier molecular flexibility index (Phi) is 6.32. The molecule has 1 aromatic heterocycles. The second-order valence-electron chi connectivity index (χ2n) is 7.72. The average Bonchev–Trinajstić information content (AvgIpc) is 3.19. The van der Waals surface area contributed by atoms with Crippen molar-refractivity contribution in [3.63, 3.8) is 0 Å². The van der Waals surface area contributed by atoms with Gasteiger partial charge in [-0.15, -0.1) is 0 Å². The second kappa shape index (κ2) is 9.32. The molecule has 0 saturated heterocycles. The van der Waals surface area contributed by atoms with Gasteiger partial charge in [0.1, 0.15) is 5.75 Å². The van der Waals surface area contributed by atoms with Crippen LogP contribution in [0.1, 0.15) is 29.3 Å². The van der Waals surface area contributed by atoms with Crippen LogP contribution in [-0.4, -0.2) is 42.3 Å². The summed E-state index contributed by atoms with van der Waals surface area (Å²) in [6.07, 6.45) is 3.03. The van der Waals surface area contributed by atoms with Gasteiger partial charge in [-0.2, -0.15) is 0 Å². The zero-order valence-electron chi connectivity index (χ0n) is 18.5. The van der Waals surface area contributed by atoms with Gasteiger partial charge in [-0.3, -0.25) is 15.0 Å². The molecule has 168 valence electrons. The number of ether oxygens (including phenoxy) is 3. The Balaban J connectivity index is 1.79. The van der Waals surface area contributed by atoms with E-state index in [0.717, 1.165) is 36.3 Å². The molecule has 0 fully saturated rings. The third-order valence-corrected chi connectivity index (χ3v) is 5.91. The van der Waals surface area contributed by atoms with Crippen LogP contribution in [0.15, 0.2) is 54.7 Å². The lowest BCUT2D eigenvalue weighted by Crippen LogP contribution is -2.29. The van der Waals surface area contributed by atoms with E-state index in [1.54, 1.807) is 33.5 Å². The Morgan fingerprint density at radius 1 is 0.969 bits per heavy atom. The summed E-state index contributed by atoms with van der Waals surface area (Å²) >= 11 is 0. The van der Waals surface area contributed by atoms with Crippen molar-refractivity contribution in [2.75, 3.05) is 27.9 Å². The Bertz CT molecular complexity index is 1110. The van der Waals surface area contributed by atoms with Crippen LogP contribution in [-0.2, 0) is 13.1 Å². The summed E-state index contributed by atoms with van der Waals surface area (Å²) in [6, 6.07) is 14.7. The lowest BCUT2D eigenvalue weighted by Gasteiger charge is -2.31. The van der Waals surface area contributed by atoms with Gasteiger partial charge in [-0.1, -0.05) is 12.1 Å². The Morgan fingerprint density at radius 2 is 1.72 bits per heavy atom. The molecule has 0 amide bonds. The molecule has 2 heterocycles. The topological polar surface area (TPSA) is 79.0 Å². The molecular weight excluding hydrogens is 410 g/mol. The Labute approximate surface area is 187 Å². The van der Waals surface area contributed by atoms with Crippen molar-refractivity contribution in [3.8, 4) is 17.2 Å². The maximum Gasteiger partial charge on any atom is 0.269 e. The summed E-state index contributed by atoms with van der Waals surface area (Å²) in [5.74, 6) is 1.95. The lowest BCUT2D eigenvalue weighted by molar-refractivity contribution is -0.384. The van der Waals surface area contributed by atoms with Gasteiger partial charge < -0.3 is 18.8 Å². The number of methoxy groups -OCH3 is 3. The number of fused-ring (bicyclic) bond motifs is 1. The first-order valence-corrected chi connectivity index (χ1v) is 10.5. The van der Waals surface area contributed by atoms with Crippen molar-refractivity contribution in [2.24, 2.45) is 0 Å². The van der Waals surface area contributed by atoms with Gasteiger partial charge >= 0.3 is 0 Å². The second-order valence-corrected chi connectivity index (χ2v) is 7.72. The summed E-state index contributed by atoms with van der Waals surface area (Å²) in [6.45, 7) is 2.31. The number of hydrogen-bond donors (Lipinski definition) is 0. The maximum absolute atomic E-state index is 11.4. The Hall–Kier alpha value is -3.52. The van der Waals surface area contributed by atoms with E-state index < -0.39 is 0 Å². The molecule has 0 N–H and O–H groups in total. The number of non-ortho nitro benzene ring substituents is 1. The number of nitro groups is 1. The third kappa shape index (κ3) is 4.13. The van der Waals surface area contributed by atoms with Crippen molar-refractivity contribution in [3.05, 3.63) is 81.7 Å². The average molecular weight is 437 g/mol. The molecule has 1 atom stereocenters. The molecule has 32 heavy (non-hydrogen) atoms. The monoisotopic (exact) mass is 437 g/mol. The normalized spacial score (nSPS) is 16.2. The van der Waals surface area contributed by atoms with Crippen molar-refractivity contribution < 1.29 is 19.1 Å². The molecule has 1 aliphatic rings. The molecule has 0 bridgehead atoms. The highest BCUT2D eigenvalue weighted by Gasteiger charge is 2.29. The van der Waals surface area contributed by atoms with E-state index in [2.05, 4.69) is 21.7 Å². The molecule has 8 heteroatoms. The van der Waals surface area contributed by atoms with Crippen molar-refractivity contribution >= 4 is 5.69 Å². The summed E-state index contributed by atoms with van der Waals surface area (Å²) in [4.78, 5) is 13.4. The maximum atomic E-state index is 11.4. The number of aromatic nitrogens is 1. The quantitative estimate of drug-likeness (QED) is 0.402. The van der Waals surface area contributed by atoms with Gasteiger partial charge in [0.25, 0.3) is 5.69 Å². The highest BCUT2D eigenvalue weighted by molar-refractivity contribution is 5.51. The molecular formula is C24H27N3O5. The summed E-state index contributed by atoms with van der Waals surface area (Å²) in [7, 11) is 4.84. The van der Waals surface area contributed by atoms with Crippen LogP contribution in [0.25, 0.3) is 0 Å². The van der Waals surface area contributed by atoms with Gasteiger partial charge in [0.15, 0.2) is 11.5 Å². The standard InChI is InChI=1S/C24H27N3O5/c1-30-21-15-23(32-3)22(31-2)14-18(21)16-26-12-6-11-25-10-5-9-20(25)24(26)17-7-4-8-19(13-17)27(28)29/h4-5,7-10,13-15,24H,6,11-12,16H2,1-3H3. The summed E-state index contributed by atoms with van der Waals surface area (Å²) < 4.78 is 18.8. The number of hydrogen-bond acceptors (Lipinski definition) is 6. The summed E-state index contributed by atoms with van der Waals surface area (Å²) in [5.41, 5.74) is 3.05. The minimum atomic E-state index is -0.346. The van der Waals surface area contributed by atoms with Gasteiger partial charge in [0.05, 0.1) is 32.3 Å². The Morgan fingerprint density at radius 3 is 2.44 bits per heavy atom. The van der Waals surface area contributed by atoms with Crippen molar-refractivity contribution in [1.82, 2.24) is 9.47 Å². The fourth-order valence-corrected chi connectivity index (χ4v) is 4.43. The molecule has 8 nitrogen and oxygen atoms in total. The summed E-state index contributed by atoms with van der Waals surface area (Å²) in [5, 5.41) is 11.4. The highest BCUT2D eigenvalue weighted by atomic mass is 16.6. The first-order valence-electron chi connectivity index (χ1n) is 10.5. The molecule has 1 unspecified atom stereocenters. The zero-order valence-corrected chi connectivity index (χ0v) is 18.5. The van der Waals surface area contributed by atoms with Crippen LogP contribution < -0.4 is 14.2 Å². The van der Waals surface area contributed by atoms with E-state index in [0.29, 0.717) is 23.8 Å². The van der Waals surface area contributed by atoms with E-state index in [-0.39, 0.29) is 16.7 Å². The highest BCUT2D eigenvalue weighted by Crippen LogP contribution is 2.39. The molecule has 0 aliphatic carbocycles. The minimum Gasteiger partial charge on any atom is -0.496 e. The van der Waals surface area contributed by atoms with E-state index >= 15 is 0 Å². The lowest BCUT2D eigenvalue weighted by atomic mass is 10.00. The minimum absolute atomic E-state index is 0.0912.